The molecule has 36 heavy (non-hydrogen) atoms. The summed E-state index contributed by atoms with van der Waals surface area (Å²) < 4.78 is 18.5. The lowest BCUT2D eigenvalue weighted by atomic mass is 10.0. The molecule has 2 aromatic rings. The maximum atomic E-state index is 13.5. The molecule has 1 aliphatic heterocycles. The molecule has 3 amide bonds. The van der Waals surface area contributed by atoms with E-state index in [1.807, 2.05) is 0 Å². The van der Waals surface area contributed by atoms with Crippen LogP contribution in [0.15, 0.2) is 48.5 Å². The normalized spacial score (nSPS) is 13.8. The van der Waals surface area contributed by atoms with Crippen LogP contribution < -0.4 is 15.1 Å². The van der Waals surface area contributed by atoms with Gasteiger partial charge in [0.25, 0.3) is 5.91 Å². The second-order valence-electron chi connectivity index (χ2n) is 8.47. The van der Waals surface area contributed by atoms with Gasteiger partial charge in [0.15, 0.2) is 11.9 Å². The van der Waals surface area contributed by atoms with Crippen LogP contribution in [0, 0.1) is 5.92 Å². The van der Waals surface area contributed by atoms with E-state index in [2.05, 4.69) is 5.32 Å². The number of carbonyl (C=O) groups excluding carboxylic acids is 4. The molecule has 0 aromatic heterocycles. The Balaban J connectivity index is 1.94. The molecule has 1 heterocycles. The number of nitrogens with one attached hydrogen (secondary N) is 1. The SMILES string of the molecule is CC(=O)N1c2ccccc2N(C(=O)OC(C(=O)NC(CC(=O)O)C(=O)CF)C(C)C)c2ccccc21. The number of carboxylic acids is 1. The van der Waals surface area contributed by atoms with E-state index in [0.717, 1.165) is 0 Å². The van der Waals surface area contributed by atoms with E-state index >= 15 is 0 Å². The van der Waals surface area contributed by atoms with E-state index < -0.39 is 54.9 Å². The Labute approximate surface area is 206 Å². The van der Waals surface area contributed by atoms with Gasteiger partial charge in [-0.3, -0.25) is 24.1 Å². The molecule has 0 saturated carbocycles. The number of benzene rings is 2. The molecule has 2 unspecified atom stereocenters. The van der Waals surface area contributed by atoms with Crippen LogP contribution in [0.4, 0.5) is 31.9 Å². The number of halogens is 1. The lowest BCUT2D eigenvalue weighted by molar-refractivity contribution is -0.141. The highest BCUT2D eigenvalue weighted by Gasteiger charge is 2.38. The number of rotatable bonds is 8. The highest BCUT2D eigenvalue weighted by atomic mass is 19.1. The average Bonchev–Trinajstić information content (AvgIpc) is 2.83. The van der Waals surface area contributed by atoms with E-state index in [0.29, 0.717) is 22.7 Å². The third-order valence-electron chi connectivity index (χ3n) is 5.53. The summed E-state index contributed by atoms with van der Waals surface area (Å²) in [6.07, 6.45) is -3.17. The molecule has 1 aliphatic rings. The number of fused-ring (bicyclic) bond motifs is 2. The van der Waals surface area contributed by atoms with Crippen molar-refractivity contribution in [2.75, 3.05) is 16.5 Å². The van der Waals surface area contributed by atoms with Crippen LogP contribution >= 0.6 is 0 Å². The minimum absolute atomic E-state index is 0.274. The molecular weight excluding hydrogens is 473 g/mol. The predicted molar refractivity (Wildman–Crippen MR) is 128 cm³/mol. The summed E-state index contributed by atoms with van der Waals surface area (Å²) in [5.41, 5.74) is 1.55. The smallest absolute Gasteiger partial charge is 0.419 e. The third kappa shape index (κ3) is 5.35. The first-order valence-corrected chi connectivity index (χ1v) is 11.2. The van der Waals surface area contributed by atoms with Gasteiger partial charge >= 0.3 is 12.1 Å². The summed E-state index contributed by atoms with van der Waals surface area (Å²) >= 11 is 0. The number of anilines is 4. The zero-order valence-electron chi connectivity index (χ0n) is 19.9. The van der Waals surface area contributed by atoms with Crippen LogP contribution in [0.3, 0.4) is 0 Å². The van der Waals surface area contributed by atoms with Crippen LogP contribution in [0.2, 0.25) is 0 Å². The quantitative estimate of drug-likeness (QED) is 0.568. The molecule has 11 heteroatoms. The highest BCUT2D eigenvalue weighted by molar-refractivity contribution is 6.14. The van der Waals surface area contributed by atoms with Crippen LogP contribution in [0.5, 0.6) is 0 Å². The summed E-state index contributed by atoms with van der Waals surface area (Å²) in [5.74, 6) is -4.30. The number of ketones is 1. The Bertz CT molecular complexity index is 1150. The molecule has 0 aliphatic carbocycles. The Kier molecular flexibility index (Phi) is 8.03. The Morgan fingerprint density at radius 3 is 1.78 bits per heavy atom. The van der Waals surface area contributed by atoms with E-state index in [1.54, 1.807) is 62.4 Å². The van der Waals surface area contributed by atoms with Crippen molar-refractivity contribution >= 4 is 52.4 Å². The molecule has 190 valence electrons. The number of amides is 3. The average molecular weight is 499 g/mol. The number of Topliss-reactive ketones (excluding diaryl/α,β-unsaturated/α-hetero) is 1. The van der Waals surface area contributed by atoms with Crippen molar-refractivity contribution in [1.29, 1.82) is 0 Å². The van der Waals surface area contributed by atoms with Gasteiger partial charge in [-0.15, -0.1) is 0 Å². The standard InChI is InChI=1S/C25H26FN3O7/c1-14(2)23(24(34)27-16(12-22(32)33)21(31)13-26)36-25(35)29-19-10-6-4-8-17(19)28(15(3)30)18-9-5-7-11-20(18)29/h4-11,14,16,23H,12-13H2,1-3H3,(H,27,34)(H,32,33). The molecule has 2 aromatic carbocycles. The van der Waals surface area contributed by atoms with Crippen molar-refractivity contribution in [2.24, 2.45) is 5.92 Å². The number of hydrogen-bond donors (Lipinski definition) is 2. The highest BCUT2D eigenvalue weighted by Crippen LogP contribution is 2.48. The van der Waals surface area contributed by atoms with Crippen LogP contribution in [-0.4, -0.2) is 53.6 Å². The molecule has 0 spiro atoms. The first kappa shape index (κ1) is 26.3. The fraction of sp³-hybridized carbons (Fsp3) is 0.320. The number of carbonyl (C=O) groups is 5. The predicted octanol–water partition coefficient (Wildman–Crippen LogP) is 3.48. The molecule has 0 fully saturated rings. The Morgan fingerprint density at radius 1 is 0.917 bits per heavy atom. The number of alkyl halides is 1. The maximum absolute atomic E-state index is 13.5. The van der Waals surface area contributed by atoms with E-state index in [1.165, 1.54) is 16.7 Å². The number of aliphatic carboxylic acids is 1. The zero-order chi connectivity index (χ0) is 26.6. The maximum Gasteiger partial charge on any atom is 0.419 e. The topological polar surface area (TPSA) is 133 Å². The molecule has 0 bridgehead atoms. The molecule has 10 nitrogen and oxygen atoms in total. The summed E-state index contributed by atoms with van der Waals surface area (Å²) in [6, 6.07) is 11.7. The van der Waals surface area contributed by atoms with Crippen molar-refractivity contribution in [3.63, 3.8) is 0 Å². The second kappa shape index (κ2) is 11.0. The molecule has 2 N–H and O–H groups in total. The van der Waals surface area contributed by atoms with Crippen molar-refractivity contribution in [2.45, 2.75) is 39.3 Å². The van der Waals surface area contributed by atoms with E-state index in [9.17, 15) is 28.4 Å². The Hall–Kier alpha value is -4.28. The van der Waals surface area contributed by atoms with Gasteiger partial charge < -0.3 is 15.2 Å². The minimum atomic E-state index is -1.61. The number of para-hydroxylation sites is 4. The van der Waals surface area contributed by atoms with Gasteiger partial charge in [-0.2, -0.15) is 0 Å². The van der Waals surface area contributed by atoms with Gasteiger partial charge in [-0.25, -0.2) is 14.1 Å². The summed E-state index contributed by atoms with van der Waals surface area (Å²) in [7, 11) is 0. The first-order valence-electron chi connectivity index (χ1n) is 11.2. The van der Waals surface area contributed by atoms with Crippen molar-refractivity contribution in [3.8, 4) is 0 Å². The summed E-state index contributed by atoms with van der Waals surface area (Å²) in [6.45, 7) is 3.12. The molecule has 3 rings (SSSR count). The fourth-order valence-corrected chi connectivity index (χ4v) is 3.90. The van der Waals surface area contributed by atoms with Gasteiger partial charge in [0.1, 0.15) is 12.7 Å². The summed E-state index contributed by atoms with van der Waals surface area (Å²) in [5, 5.41) is 11.2. The van der Waals surface area contributed by atoms with Gasteiger partial charge in [0.05, 0.1) is 29.2 Å². The number of ether oxygens (including phenoxy) is 1. The zero-order valence-corrected chi connectivity index (χ0v) is 19.9. The van der Waals surface area contributed by atoms with Crippen LogP contribution in [-0.2, 0) is 23.9 Å². The van der Waals surface area contributed by atoms with Gasteiger partial charge in [0, 0.05) is 6.92 Å². The van der Waals surface area contributed by atoms with Gasteiger partial charge in [0.2, 0.25) is 5.91 Å². The third-order valence-corrected chi connectivity index (χ3v) is 5.53. The minimum Gasteiger partial charge on any atom is -0.481 e. The fourth-order valence-electron chi connectivity index (χ4n) is 3.90. The Morgan fingerprint density at radius 2 is 1.39 bits per heavy atom. The summed E-state index contributed by atoms with van der Waals surface area (Å²) in [4.78, 5) is 64.4. The van der Waals surface area contributed by atoms with Crippen LogP contribution in [0.1, 0.15) is 27.2 Å². The van der Waals surface area contributed by atoms with Crippen LogP contribution in [0.25, 0.3) is 0 Å². The molecular formula is C25H26FN3O7. The molecule has 2 atom stereocenters. The molecule has 0 radical (unpaired) electrons. The van der Waals surface area contributed by atoms with Crippen molar-refractivity contribution in [1.82, 2.24) is 5.32 Å². The largest absolute Gasteiger partial charge is 0.481 e. The monoisotopic (exact) mass is 499 g/mol. The number of carboxylic acid groups (broad SMARTS) is 1. The first-order chi connectivity index (χ1) is 17.1. The lowest BCUT2D eigenvalue weighted by Crippen LogP contribution is -2.50. The number of hydrogen-bond acceptors (Lipinski definition) is 6. The lowest BCUT2D eigenvalue weighted by Gasteiger charge is -2.37. The van der Waals surface area contributed by atoms with Crippen molar-refractivity contribution in [3.05, 3.63) is 48.5 Å². The van der Waals surface area contributed by atoms with Gasteiger partial charge in [-0.05, 0) is 30.2 Å². The van der Waals surface area contributed by atoms with Gasteiger partial charge in [-0.1, -0.05) is 38.1 Å². The molecule has 0 saturated heterocycles. The van der Waals surface area contributed by atoms with E-state index in [-0.39, 0.29) is 5.91 Å². The second-order valence-corrected chi connectivity index (χ2v) is 8.47. The van der Waals surface area contributed by atoms with E-state index in [4.69, 9.17) is 9.84 Å². The number of nitrogens with zero attached hydrogens (tertiary/aromatic N) is 2. The van der Waals surface area contributed by atoms with Crippen molar-refractivity contribution < 1.29 is 38.2 Å².